The Labute approximate surface area is 112 Å². The van der Waals surface area contributed by atoms with Crippen LogP contribution in [-0.4, -0.2) is 31.3 Å². The number of benzene rings is 1. The third-order valence-corrected chi connectivity index (χ3v) is 4.69. The van der Waals surface area contributed by atoms with E-state index in [1.54, 1.807) is 25.1 Å². The quantitative estimate of drug-likeness (QED) is 0.663. The maximum Gasteiger partial charge on any atom is 0.245 e. The molecule has 6 heteroatoms. The molecule has 1 aromatic carbocycles. The Hall–Kier alpha value is -1.79. The van der Waals surface area contributed by atoms with Crippen LogP contribution in [0.4, 0.5) is 5.69 Å². The SMILES string of the molecule is C=C(C)CN(C)S(=O)(=O)c1c[nH]c2ccc(N)cc12. The molecule has 0 aliphatic heterocycles. The van der Waals surface area contributed by atoms with E-state index >= 15 is 0 Å². The zero-order valence-corrected chi connectivity index (χ0v) is 11.8. The summed E-state index contributed by atoms with van der Waals surface area (Å²) in [6.45, 7) is 5.81. The van der Waals surface area contributed by atoms with Gasteiger partial charge in [0.05, 0.1) is 0 Å². The van der Waals surface area contributed by atoms with Crippen LogP contribution < -0.4 is 5.73 Å². The number of aromatic nitrogens is 1. The molecule has 0 saturated carbocycles. The molecule has 19 heavy (non-hydrogen) atoms. The molecule has 102 valence electrons. The number of hydrogen-bond donors (Lipinski definition) is 2. The fourth-order valence-electron chi connectivity index (χ4n) is 1.96. The van der Waals surface area contributed by atoms with Crippen molar-refractivity contribution in [3.63, 3.8) is 0 Å². The van der Waals surface area contributed by atoms with E-state index in [1.165, 1.54) is 17.5 Å². The summed E-state index contributed by atoms with van der Waals surface area (Å²) in [6.07, 6.45) is 1.49. The third-order valence-electron chi connectivity index (χ3n) is 2.85. The number of nitrogens with zero attached hydrogens (tertiary/aromatic N) is 1. The number of likely N-dealkylation sites (N-methyl/N-ethyl adjacent to an activating group) is 1. The lowest BCUT2D eigenvalue weighted by Gasteiger charge is -2.16. The predicted octanol–water partition coefficient (Wildman–Crippen LogP) is 1.95. The van der Waals surface area contributed by atoms with Crippen LogP contribution in [0.3, 0.4) is 0 Å². The summed E-state index contributed by atoms with van der Waals surface area (Å²) >= 11 is 0. The van der Waals surface area contributed by atoms with Gasteiger partial charge in [-0.3, -0.25) is 0 Å². The van der Waals surface area contributed by atoms with E-state index in [4.69, 9.17) is 5.73 Å². The molecule has 0 amide bonds. The fourth-order valence-corrected chi connectivity index (χ4v) is 3.34. The number of rotatable bonds is 4. The normalized spacial score (nSPS) is 12.2. The van der Waals surface area contributed by atoms with Gasteiger partial charge in [-0.2, -0.15) is 4.31 Å². The van der Waals surface area contributed by atoms with Gasteiger partial charge in [0.25, 0.3) is 0 Å². The highest BCUT2D eigenvalue weighted by atomic mass is 32.2. The number of fused-ring (bicyclic) bond motifs is 1. The van der Waals surface area contributed by atoms with Crippen molar-refractivity contribution in [2.75, 3.05) is 19.3 Å². The van der Waals surface area contributed by atoms with Gasteiger partial charge in [-0.15, -0.1) is 0 Å². The van der Waals surface area contributed by atoms with Gasteiger partial charge in [0.15, 0.2) is 0 Å². The van der Waals surface area contributed by atoms with E-state index in [-0.39, 0.29) is 11.4 Å². The van der Waals surface area contributed by atoms with Crippen molar-refractivity contribution < 1.29 is 8.42 Å². The Bertz CT molecular complexity index is 731. The zero-order chi connectivity index (χ0) is 14.2. The second-order valence-corrected chi connectivity index (χ2v) is 6.69. The molecule has 0 aliphatic rings. The number of nitrogen functional groups attached to an aromatic ring is 1. The summed E-state index contributed by atoms with van der Waals surface area (Å²) < 4.78 is 26.2. The van der Waals surface area contributed by atoms with Crippen molar-refractivity contribution in [3.05, 3.63) is 36.5 Å². The van der Waals surface area contributed by atoms with Gasteiger partial charge in [0.1, 0.15) is 4.90 Å². The summed E-state index contributed by atoms with van der Waals surface area (Å²) in [7, 11) is -2.01. The zero-order valence-electron chi connectivity index (χ0n) is 11.0. The lowest BCUT2D eigenvalue weighted by molar-refractivity contribution is 0.494. The molecule has 0 radical (unpaired) electrons. The predicted molar refractivity (Wildman–Crippen MR) is 77.3 cm³/mol. The molecule has 2 rings (SSSR count). The maximum atomic E-state index is 12.5. The van der Waals surface area contributed by atoms with E-state index in [2.05, 4.69) is 11.6 Å². The highest BCUT2D eigenvalue weighted by Crippen LogP contribution is 2.26. The van der Waals surface area contributed by atoms with Crippen LogP contribution in [0.15, 0.2) is 41.4 Å². The van der Waals surface area contributed by atoms with Crippen LogP contribution >= 0.6 is 0 Å². The smallest absolute Gasteiger partial charge is 0.245 e. The average Bonchev–Trinajstić information content (AvgIpc) is 2.71. The lowest BCUT2D eigenvalue weighted by Crippen LogP contribution is -2.28. The van der Waals surface area contributed by atoms with E-state index in [9.17, 15) is 8.42 Å². The topological polar surface area (TPSA) is 79.2 Å². The van der Waals surface area contributed by atoms with Crippen LogP contribution in [0, 0.1) is 0 Å². The summed E-state index contributed by atoms with van der Waals surface area (Å²) in [5.41, 5.74) is 7.78. The first-order valence-corrected chi connectivity index (χ1v) is 7.23. The molecule has 1 heterocycles. The van der Waals surface area contributed by atoms with Crippen molar-refractivity contribution >= 4 is 26.6 Å². The maximum absolute atomic E-state index is 12.5. The molecule has 0 fully saturated rings. The second kappa shape index (κ2) is 4.71. The van der Waals surface area contributed by atoms with E-state index in [0.29, 0.717) is 11.1 Å². The van der Waals surface area contributed by atoms with Crippen LogP contribution in [0.25, 0.3) is 10.9 Å². The standard InChI is InChI=1S/C13H17N3O2S/c1-9(2)8-16(3)19(17,18)13-7-15-12-5-4-10(14)6-11(12)13/h4-7,15H,1,8,14H2,2-3H3. The van der Waals surface area contributed by atoms with Crippen LogP contribution in [0.1, 0.15) is 6.92 Å². The minimum absolute atomic E-state index is 0.235. The minimum atomic E-state index is -3.55. The molecule has 1 aromatic heterocycles. The number of H-pyrrole nitrogens is 1. The average molecular weight is 279 g/mol. The van der Waals surface area contributed by atoms with Gasteiger partial charge >= 0.3 is 0 Å². The summed E-state index contributed by atoms with van der Waals surface area (Å²) in [6, 6.07) is 5.16. The Morgan fingerprint density at radius 1 is 1.47 bits per heavy atom. The summed E-state index contributed by atoms with van der Waals surface area (Å²) in [4.78, 5) is 3.18. The molecule has 0 bridgehead atoms. The third kappa shape index (κ3) is 2.50. The first-order chi connectivity index (χ1) is 8.82. The van der Waals surface area contributed by atoms with Gasteiger partial charge in [-0.1, -0.05) is 12.2 Å². The van der Waals surface area contributed by atoms with Crippen LogP contribution in [-0.2, 0) is 10.0 Å². The molecule has 2 aromatic rings. The number of hydrogen-bond acceptors (Lipinski definition) is 3. The highest BCUT2D eigenvalue weighted by molar-refractivity contribution is 7.89. The Morgan fingerprint density at radius 2 is 2.16 bits per heavy atom. The van der Waals surface area contributed by atoms with Crippen LogP contribution in [0.5, 0.6) is 0 Å². The molecule has 0 atom stereocenters. The van der Waals surface area contributed by atoms with Gasteiger partial charge < -0.3 is 10.7 Å². The molecule has 0 unspecified atom stereocenters. The van der Waals surface area contributed by atoms with Gasteiger partial charge in [-0.25, -0.2) is 8.42 Å². The Morgan fingerprint density at radius 3 is 2.79 bits per heavy atom. The number of nitrogens with two attached hydrogens (primary N) is 1. The minimum Gasteiger partial charge on any atom is -0.399 e. The largest absolute Gasteiger partial charge is 0.399 e. The fraction of sp³-hybridized carbons (Fsp3) is 0.231. The Kier molecular flexibility index (Phi) is 3.38. The monoisotopic (exact) mass is 279 g/mol. The Balaban J connectivity index is 2.54. The van der Waals surface area contributed by atoms with E-state index < -0.39 is 10.0 Å². The number of nitrogens with one attached hydrogen (secondary N) is 1. The molecular formula is C13H17N3O2S. The molecule has 0 spiro atoms. The first-order valence-electron chi connectivity index (χ1n) is 5.79. The van der Waals surface area contributed by atoms with Gasteiger partial charge in [0, 0.05) is 36.4 Å². The van der Waals surface area contributed by atoms with E-state index in [1.807, 2.05) is 0 Å². The second-order valence-electron chi connectivity index (χ2n) is 4.68. The molecular weight excluding hydrogens is 262 g/mol. The first kappa shape index (κ1) is 13.6. The number of sulfonamides is 1. The van der Waals surface area contributed by atoms with Crippen molar-refractivity contribution in [2.24, 2.45) is 0 Å². The number of aromatic amines is 1. The van der Waals surface area contributed by atoms with Gasteiger partial charge in [0.2, 0.25) is 10.0 Å². The van der Waals surface area contributed by atoms with E-state index in [0.717, 1.165) is 11.1 Å². The van der Waals surface area contributed by atoms with Gasteiger partial charge in [-0.05, 0) is 25.1 Å². The molecule has 0 aliphatic carbocycles. The summed E-state index contributed by atoms with van der Waals surface area (Å²) in [5, 5.41) is 0.605. The van der Waals surface area contributed by atoms with Crippen molar-refractivity contribution in [2.45, 2.75) is 11.8 Å². The summed E-state index contributed by atoms with van der Waals surface area (Å²) in [5.74, 6) is 0. The van der Waals surface area contributed by atoms with Crippen LogP contribution in [0.2, 0.25) is 0 Å². The molecule has 3 N–H and O–H groups in total. The molecule has 0 saturated heterocycles. The van der Waals surface area contributed by atoms with Crippen molar-refractivity contribution in [1.82, 2.24) is 9.29 Å². The lowest BCUT2D eigenvalue weighted by atomic mass is 10.2. The van der Waals surface area contributed by atoms with Crippen molar-refractivity contribution in [3.8, 4) is 0 Å². The molecule has 5 nitrogen and oxygen atoms in total. The van der Waals surface area contributed by atoms with Crippen molar-refractivity contribution in [1.29, 1.82) is 0 Å². The highest BCUT2D eigenvalue weighted by Gasteiger charge is 2.24. The number of anilines is 1.